The molecule has 4 rings (SSSR count). The Morgan fingerprint density at radius 3 is 2.30 bits per heavy atom. The Labute approximate surface area is 185 Å². The summed E-state index contributed by atoms with van der Waals surface area (Å²) in [7, 11) is 0. The average molecular weight is 458 g/mol. The lowest BCUT2D eigenvalue weighted by atomic mass is 10.1. The molecule has 10 heteroatoms. The van der Waals surface area contributed by atoms with Gasteiger partial charge in [0.2, 0.25) is 0 Å². The quantitative estimate of drug-likeness (QED) is 0.241. The number of nitrogens with zero attached hydrogens (tertiary/aromatic N) is 3. The van der Waals surface area contributed by atoms with Crippen LogP contribution in [-0.4, -0.2) is 51.9 Å². The van der Waals surface area contributed by atoms with Gasteiger partial charge in [0.25, 0.3) is 11.8 Å². The third-order valence-electron chi connectivity index (χ3n) is 4.48. The fourth-order valence-corrected chi connectivity index (χ4v) is 4.78. The van der Waals surface area contributed by atoms with Gasteiger partial charge in [0, 0.05) is 0 Å². The lowest BCUT2D eigenvalue weighted by Crippen LogP contribution is -2.33. The number of hydrogen-bond donors (Lipinski definition) is 0. The summed E-state index contributed by atoms with van der Waals surface area (Å²) in [5.41, 5.74) is 1.84. The molecule has 1 aliphatic rings. The van der Waals surface area contributed by atoms with Crippen molar-refractivity contribution in [3.8, 4) is 5.69 Å². The first-order valence-corrected chi connectivity index (χ1v) is 11.3. The van der Waals surface area contributed by atoms with E-state index in [0.29, 0.717) is 20.6 Å². The zero-order chi connectivity index (χ0) is 21.3. The monoisotopic (exact) mass is 457 g/mol. The minimum absolute atomic E-state index is 0.00160. The first kappa shape index (κ1) is 20.5. The number of hydrogen-bond acceptors (Lipinski definition) is 8. The maximum atomic E-state index is 12.3. The zero-order valence-electron chi connectivity index (χ0n) is 15.7. The number of fused-ring (bicyclic) bond motifs is 1. The Morgan fingerprint density at radius 1 is 1.10 bits per heavy atom. The highest BCUT2D eigenvalue weighted by Crippen LogP contribution is 2.23. The minimum Gasteiger partial charge on any atom is -0.460 e. The Kier molecular flexibility index (Phi) is 5.80. The molecule has 0 bridgehead atoms. The van der Waals surface area contributed by atoms with Crippen LogP contribution in [0.15, 0.2) is 52.9 Å². The second kappa shape index (κ2) is 8.50. The molecule has 0 fully saturated rings. The van der Waals surface area contributed by atoms with Crippen LogP contribution in [0.3, 0.4) is 0 Å². The molecule has 0 saturated carbocycles. The van der Waals surface area contributed by atoms with Crippen LogP contribution in [0.2, 0.25) is 0 Å². The highest BCUT2D eigenvalue weighted by Gasteiger charge is 2.34. The van der Waals surface area contributed by atoms with Crippen LogP contribution in [0, 0.1) is 3.95 Å². The normalized spacial score (nSPS) is 12.9. The number of carbonyl (C=O) groups excluding carboxylic acids is 3. The molecule has 3 aromatic rings. The van der Waals surface area contributed by atoms with E-state index >= 15 is 0 Å². The number of amides is 2. The molecule has 1 aromatic heterocycles. The third-order valence-corrected chi connectivity index (χ3v) is 6.69. The van der Waals surface area contributed by atoms with Gasteiger partial charge >= 0.3 is 5.97 Å². The van der Waals surface area contributed by atoms with Gasteiger partial charge in [0.05, 0.1) is 28.9 Å². The molecule has 7 nitrogen and oxygen atoms in total. The smallest absolute Gasteiger partial charge is 0.338 e. The fraction of sp³-hybridized carbons (Fsp3) is 0.150. The zero-order valence-corrected chi connectivity index (χ0v) is 18.2. The number of thioether (sulfide) groups is 1. The topological polar surface area (TPSA) is 81.5 Å². The molecule has 0 spiro atoms. The average Bonchev–Trinajstić information content (AvgIpc) is 3.26. The molecular formula is C20H15N3O4S3. The van der Waals surface area contributed by atoms with E-state index in [-0.39, 0.29) is 25.0 Å². The molecule has 152 valence electrons. The summed E-state index contributed by atoms with van der Waals surface area (Å²) in [6, 6.07) is 13.4. The van der Waals surface area contributed by atoms with Gasteiger partial charge in [-0.05, 0) is 54.9 Å². The van der Waals surface area contributed by atoms with Gasteiger partial charge in [-0.2, -0.15) is 0 Å². The van der Waals surface area contributed by atoms with E-state index in [1.165, 1.54) is 23.1 Å². The number of carbonyl (C=O) groups is 3. The van der Waals surface area contributed by atoms with E-state index < -0.39 is 5.97 Å². The SMILES string of the molecule is CSc1nn(-c2ccc(C(=O)OCCN3C(=O)c4ccccc4C3=O)cc2)c(=S)s1. The summed E-state index contributed by atoms with van der Waals surface area (Å²) in [5.74, 6) is -1.29. The van der Waals surface area contributed by atoms with Gasteiger partial charge in [0.15, 0.2) is 8.29 Å². The standard InChI is InChI=1S/C20H15N3O4S3/c1-29-19-21-23(20(28)30-19)13-8-6-12(7-9-13)18(26)27-11-10-22-16(24)14-4-2-3-5-15(14)17(22)25/h2-9H,10-11H2,1H3. The molecule has 0 N–H and O–H groups in total. The van der Waals surface area contributed by atoms with Crippen molar-refractivity contribution in [2.45, 2.75) is 4.34 Å². The molecule has 0 atom stereocenters. The van der Waals surface area contributed by atoms with E-state index in [9.17, 15) is 14.4 Å². The van der Waals surface area contributed by atoms with Crippen molar-refractivity contribution in [3.05, 3.63) is 69.2 Å². The molecule has 2 aromatic carbocycles. The Balaban J connectivity index is 1.37. The van der Waals surface area contributed by atoms with Crippen LogP contribution in [0.4, 0.5) is 0 Å². The van der Waals surface area contributed by atoms with Crippen molar-refractivity contribution in [2.24, 2.45) is 0 Å². The van der Waals surface area contributed by atoms with E-state index in [1.54, 1.807) is 53.2 Å². The number of ether oxygens (including phenoxy) is 1. The summed E-state index contributed by atoms with van der Waals surface area (Å²) in [5, 5.41) is 4.41. The molecule has 2 heterocycles. The Hall–Kier alpha value is -2.82. The number of aromatic nitrogens is 2. The van der Waals surface area contributed by atoms with Crippen molar-refractivity contribution in [1.29, 1.82) is 0 Å². The van der Waals surface area contributed by atoms with Gasteiger partial charge in [0.1, 0.15) is 6.61 Å². The second-order valence-electron chi connectivity index (χ2n) is 6.24. The van der Waals surface area contributed by atoms with Crippen LogP contribution in [0.5, 0.6) is 0 Å². The van der Waals surface area contributed by atoms with Gasteiger partial charge in [-0.3, -0.25) is 14.5 Å². The van der Waals surface area contributed by atoms with Crippen LogP contribution in [0.1, 0.15) is 31.1 Å². The van der Waals surface area contributed by atoms with Crippen molar-refractivity contribution in [1.82, 2.24) is 14.7 Å². The van der Waals surface area contributed by atoms with Crippen molar-refractivity contribution < 1.29 is 19.1 Å². The highest BCUT2D eigenvalue weighted by molar-refractivity contribution is 8.00. The summed E-state index contributed by atoms with van der Waals surface area (Å²) >= 11 is 8.25. The van der Waals surface area contributed by atoms with Gasteiger partial charge in [-0.1, -0.05) is 35.2 Å². The number of rotatable bonds is 6. The van der Waals surface area contributed by atoms with Gasteiger partial charge in [-0.15, -0.1) is 5.10 Å². The Bertz CT molecular complexity index is 1170. The summed E-state index contributed by atoms with van der Waals surface area (Å²) in [6.45, 7) is -0.0815. The maximum Gasteiger partial charge on any atom is 0.338 e. The van der Waals surface area contributed by atoms with E-state index in [0.717, 1.165) is 14.9 Å². The van der Waals surface area contributed by atoms with Crippen molar-refractivity contribution >= 4 is 53.1 Å². The van der Waals surface area contributed by atoms with Crippen LogP contribution < -0.4 is 0 Å². The minimum atomic E-state index is -0.537. The van der Waals surface area contributed by atoms with E-state index in [1.807, 2.05) is 6.26 Å². The number of esters is 1. The Morgan fingerprint density at radius 2 is 1.73 bits per heavy atom. The first-order chi connectivity index (χ1) is 14.5. The van der Waals surface area contributed by atoms with Crippen LogP contribution in [-0.2, 0) is 4.74 Å². The van der Waals surface area contributed by atoms with Gasteiger partial charge in [-0.25, -0.2) is 9.48 Å². The maximum absolute atomic E-state index is 12.3. The highest BCUT2D eigenvalue weighted by atomic mass is 32.2. The molecular weight excluding hydrogens is 442 g/mol. The lowest BCUT2D eigenvalue weighted by molar-refractivity contribution is 0.0420. The first-order valence-electron chi connectivity index (χ1n) is 8.86. The molecule has 0 saturated heterocycles. The summed E-state index contributed by atoms with van der Waals surface area (Å²) in [6.07, 6.45) is 1.93. The summed E-state index contributed by atoms with van der Waals surface area (Å²) in [4.78, 5) is 38.0. The predicted octanol–water partition coefficient (Wildman–Crippen LogP) is 3.84. The van der Waals surface area contributed by atoms with E-state index in [2.05, 4.69) is 5.10 Å². The van der Waals surface area contributed by atoms with Crippen LogP contribution in [0.25, 0.3) is 5.69 Å². The number of benzene rings is 2. The second-order valence-corrected chi connectivity index (χ2v) is 8.92. The predicted molar refractivity (Wildman–Crippen MR) is 116 cm³/mol. The van der Waals surface area contributed by atoms with Gasteiger partial charge < -0.3 is 4.74 Å². The summed E-state index contributed by atoms with van der Waals surface area (Å²) < 4.78 is 8.37. The molecule has 0 unspecified atom stereocenters. The number of imide groups is 1. The van der Waals surface area contributed by atoms with Crippen molar-refractivity contribution in [3.63, 3.8) is 0 Å². The van der Waals surface area contributed by atoms with Crippen molar-refractivity contribution in [2.75, 3.05) is 19.4 Å². The van der Waals surface area contributed by atoms with Crippen LogP contribution >= 0.6 is 35.3 Å². The lowest BCUT2D eigenvalue weighted by Gasteiger charge is -2.13. The molecule has 30 heavy (non-hydrogen) atoms. The molecule has 1 aliphatic heterocycles. The fourth-order valence-electron chi connectivity index (χ4n) is 3.00. The molecule has 0 radical (unpaired) electrons. The molecule has 2 amide bonds. The molecule has 0 aliphatic carbocycles. The van der Waals surface area contributed by atoms with E-state index in [4.69, 9.17) is 17.0 Å². The largest absolute Gasteiger partial charge is 0.460 e. The third kappa shape index (κ3) is 3.81.